The number of nitrogens with one attached hydrogen (secondary N) is 1. The minimum Gasteiger partial charge on any atom is -0.490 e. The topological polar surface area (TPSA) is 50.7 Å². The maximum absolute atomic E-state index is 8.84. The van der Waals surface area contributed by atoms with E-state index in [2.05, 4.69) is 19.2 Å². The summed E-state index contributed by atoms with van der Waals surface area (Å²) in [5.74, 6) is 1.55. The average molecular weight is 267 g/mol. The lowest BCUT2D eigenvalue weighted by atomic mass is 10.1. The van der Waals surface area contributed by atoms with Crippen LogP contribution in [0.3, 0.4) is 0 Å². The molecule has 0 heterocycles. The number of aliphatic hydroxyl groups is 1. The number of rotatable bonds is 9. The Bertz CT molecular complexity index is 366. The van der Waals surface area contributed by atoms with E-state index in [0.29, 0.717) is 25.7 Å². The number of aliphatic hydroxyl groups excluding tert-OH is 1. The first-order chi connectivity index (χ1) is 9.19. The lowest BCUT2D eigenvalue weighted by Crippen LogP contribution is -2.22. The molecule has 1 rings (SSSR count). The zero-order valence-electron chi connectivity index (χ0n) is 12.1. The van der Waals surface area contributed by atoms with E-state index in [1.54, 1.807) is 0 Å². The second-order valence-corrected chi connectivity index (χ2v) is 4.64. The normalized spacial score (nSPS) is 10.8. The maximum Gasteiger partial charge on any atom is 0.165 e. The first-order valence-corrected chi connectivity index (χ1v) is 6.90. The van der Waals surface area contributed by atoms with Crippen LogP contribution in [0.5, 0.6) is 11.5 Å². The lowest BCUT2D eigenvalue weighted by molar-refractivity contribution is 0.223. The third-order valence-electron chi connectivity index (χ3n) is 2.61. The third kappa shape index (κ3) is 5.49. The average Bonchev–Trinajstić information content (AvgIpc) is 2.39. The van der Waals surface area contributed by atoms with Gasteiger partial charge in [0.1, 0.15) is 0 Å². The monoisotopic (exact) mass is 267 g/mol. The van der Waals surface area contributed by atoms with Gasteiger partial charge in [-0.2, -0.15) is 0 Å². The first-order valence-electron chi connectivity index (χ1n) is 6.90. The predicted molar refractivity (Wildman–Crippen MR) is 76.8 cm³/mol. The molecule has 0 aliphatic heterocycles. The van der Waals surface area contributed by atoms with Crippen LogP contribution in [0.1, 0.15) is 32.8 Å². The molecule has 4 heteroatoms. The zero-order chi connectivity index (χ0) is 14.1. The van der Waals surface area contributed by atoms with Gasteiger partial charge in [-0.3, -0.25) is 0 Å². The van der Waals surface area contributed by atoms with E-state index < -0.39 is 0 Å². The van der Waals surface area contributed by atoms with Crippen molar-refractivity contribution in [3.05, 3.63) is 23.8 Å². The molecule has 0 unspecified atom stereocenters. The van der Waals surface area contributed by atoms with Gasteiger partial charge in [-0.25, -0.2) is 0 Å². The predicted octanol–water partition coefficient (Wildman–Crippen LogP) is 2.34. The largest absolute Gasteiger partial charge is 0.490 e. The molecule has 2 N–H and O–H groups in total. The highest BCUT2D eigenvalue weighted by atomic mass is 16.5. The minimum atomic E-state index is 0.135. The van der Waals surface area contributed by atoms with Gasteiger partial charge >= 0.3 is 0 Å². The van der Waals surface area contributed by atoms with Crippen LogP contribution in [0.15, 0.2) is 18.2 Å². The van der Waals surface area contributed by atoms with Crippen LogP contribution >= 0.6 is 0 Å². The van der Waals surface area contributed by atoms with Gasteiger partial charge in [0.25, 0.3) is 0 Å². The van der Waals surface area contributed by atoms with E-state index in [9.17, 15) is 0 Å². The van der Waals surface area contributed by atoms with Crippen molar-refractivity contribution in [2.45, 2.75) is 39.8 Å². The van der Waals surface area contributed by atoms with Crippen LogP contribution < -0.4 is 14.8 Å². The molecule has 19 heavy (non-hydrogen) atoms. The highest BCUT2D eigenvalue weighted by molar-refractivity contribution is 5.46. The molecule has 0 amide bonds. The minimum absolute atomic E-state index is 0.135. The Morgan fingerprint density at radius 2 is 2.05 bits per heavy atom. The molecule has 0 saturated carbocycles. The van der Waals surface area contributed by atoms with E-state index >= 15 is 0 Å². The SMILES string of the molecule is CCOc1cccc(CNC(C)C)c1OCCCO. The van der Waals surface area contributed by atoms with E-state index in [1.165, 1.54) is 0 Å². The highest BCUT2D eigenvalue weighted by Gasteiger charge is 2.11. The Morgan fingerprint density at radius 1 is 1.26 bits per heavy atom. The van der Waals surface area contributed by atoms with E-state index in [-0.39, 0.29) is 6.61 Å². The van der Waals surface area contributed by atoms with Crippen molar-refractivity contribution >= 4 is 0 Å². The fourth-order valence-electron chi connectivity index (χ4n) is 1.69. The molecule has 0 bridgehead atoms. The van der Waals surface area contributed by atoms with Gasteiger partial charge in [0.05, 0.1) is 13.2 Å². The molecule has 0 fully saturated rings. The smallest absolute Gasteiger partial charge is 0.165 e. The quantitative estimate of drug-likeness (QED) is 0.674. The molecule has 108 valence electrons. The van der Waals surface area contributed by atoms with Gasteiger partial charge < -0.3 is 19.9 Å². The fraction of sp³-hybridized carbons (Fsp3) is 0.600. The van der Waals surface area contributed by atoms with Gasteiger partial charge in [0.15, 0.2) is 11.5 Å². The highest BCUT2D eigenvalue weighted by Crippen LogP contribution is 2.31. The molecule has 0 aliphatic carbocycles. The van der Waals surface area contributed by atoms with E-state index in [0.717, 1.165) is 23.6 Å². The van der Waals surface area contributed by atoms with Crippen molar-refractivity contribution in [2.24, 2.45) is 0 Å². The summed E-state index contributed by atoms with van der Waals surface area (Å²) in [5.41, 5.74) is 1.08. The van der Waals surface area contributed by atoms with Crippen molar-refractivity contribution < 1.29 is 14.6 Å². The summed E-state index contributed by atoms with van der Waals surface area (Å²) in [6, 6.07) is 6.34. The van der Waals surface area contributed by atoms with Crippen LogP contribution in [-0.4, -0.2) is 31.0 Å². The molecule has 0 spiro atoms. The van der Waals surface area contributed by atoms with Crippen molar-refractivity contribution in [3.63, 3.8) is 0 Å². The van der Waals surface area contributed by atoms with Gasteiger partial charge in [-0.05, 0) is 13.0 Å². The van der Waals surface area contributed by atoms with Crippen molar-refractivity contribution in [1.29, 1.82) is 0 Å². The molecule has 0 aliphatic rings. The van der Waals surface area contributed by atoms with Crippen LogP contribution in [0, 0.1) is 0 Å². The zero-order valence-corrected chi connectivity index (χ0v) is 12.1. The fourth-order valence-corrected chi connectivity index (χ4v) is 1.69. The lowest BCUT2D eigenvalue weighted by Gasteiger charge is -2.17. The van der Waals surface area contributed by atoms with Gasteiger partial charge in [0.2, 0.25) is 0 Å². The van der Waals surface area contributed by atoms with Crippen LogP contribution in [0.2, 0.25) is 0 Å². The summed E-state index contributed by atoms with van der Waals surface area (Å²) < 4.78 is 11.4. The van der Waals surface area contributed by atoms with E-state index in [4.69, 9.17) is 14.6 Å². The Balaban J connectivity index is 2.83. The van der Waals surface area contributed by atoms with Crippen molar-refractivity contribution in [1.82, 2.24) is 5.32 Å². The Hall–Kier alpha value is -1.26. The Kier molecular flexibility index (Phi) is 7.30. The van der Waals surface area contributed by atoms with E-state index in [1.807, 2.05) is 25.1 Å². The number of hydrogen-bond donors (Lipinski definition) is 2. The second kappa shape index (κ2) is 8.77. The molecule has 0 atom stereocenters. The summed E-state index contributed by atoms with van der Waals surface area (Å²) >= 11 is 0. The van der Waals surface area contributed by atoms with Crippen LogP contribution in [0.4, 0.5) is 0 Å². The van der Waals surface area contributed by atoms with Crippen molar-refractivity contribution in [2.75, 3.05) is 19.8 Å². The van der Waals surface area contributed by atoms with Crippen LogP contribution in [0.25, 0.3) is 0 Å². The Labute approximate surface area is 115 Å². The first kappa shape index (κ1) is 15.8. The maximum atomic E-state index is 8.84. The number of benzene rings is 1. The summed E-state index contributed by atoms with van der Waals surface area (Å²) in [5, 5.41) is 12.2. The number of hydrogen-bond acceptors (Lipinski definition) is 4. The second-order valence-electron chi connectivity index (χ2n) is 4.64. The van der Waals surface area contributed by atoms with Gasteiger partial charge in [0, 0.05) is 31.2 Å². The standard InChI is InChI=1S/C15H25NO3/c1-4-18-14-8-5-7-13(11-16-12(2)3)15(14)19-10-6-9-17/h5,7-8,12,16-17H,4,6,9-11H2,1-3H3. The number of ether oxygens (including phenoxy) is 2. The summed E-state index contributed by atoms with van der Waals surface area (Å²) in [4.78, 5) is 0. The molecular weight excluding hydrogens is 242 g/mol. The molecule has 0 radical (unpaired) electrons. The Morgan fingerprint density at radius 3 is 2.68 bits per heavy atom. The molecule has 0 saturated heterocycles. The molecule has 0 aromatic heterocycles. The summed E-state index contributed by atoms with van der Waals surface area (Å²) in [7, 11) is 0. The molecular formula is C15H25NO3. The summed E-state index contributed by atoms with van der Waals surface area (Å²) in [6.07, 6.45) is 0.623. The molecule has 1 aromatic rings. The van der Waals surface area contributed by atoms with Crippen molar-refractivity contribution in [3.8, 4) is 11.5 Å². The van der Waals surface area contributed by atoms with Crippen LogP contribution in [-0.2, 0) is 6.54 Å². The van der Waals surface area contributed by atoms with Gasteiger partial charge in [-0.15, -0.1) is 0 Å². The third-order valence-corrected chi connectivity index (χ3v) is 2.61. The number of para-hydroxylation sites is 1. The van der Waals surface area contributed by atoms with Gasteiger partial charge in [-0.1, -0.05) is 26.0 Å². The molecule has 4 nitrogen and oxygen atoms in total. The molecule has 1 aromatic carbocycles. The summed E-state index contributed by atoms with van der Waals surface area (Å²) in [6.45, 7) is 8.16.